The molecule has 1 fully saturated rings. The van der Waals surface area contributed by atoms with Gasteiger partial charge in [0.2, 0.25) is 15.9 Å². The molecule has 2 amide bonds. The highest BCUT2D eigenvalue weighted by Crippen LogP contribution is 2.30. The number of hydrogen-bond acceptors (Lipinski definition) is 4. The highest BCUT2D eigenvalue weighted by molar-refractivity contribution is 7.89. The third-order valence-corrected chi connectivity index (χ3v) is 8.95. The van der Waals surface area contributed by atoms with Crippen LogP contribution in [0.3, 0.4) is 0 Å². The quantitative estimate of drug-likeness (QED) is 0.693. The smallest absolute Gasteiger partial charge is 0.253 e. The van der Waals surface area contributed by atoms with Gasteiger partial charge in [-0.2, -0.15) is 4.31 Å². The van der Waals surface area contributed by atoms with Crippen LogP contribution in [0, 0.1) is 0 Å². The summed E-state index contributed by atoms with van der Waals surface area (Å²) in [7, 11) is -3.56. The molecule has 3 aliphatic rings. The first kappa shape index (κ1) is 22.1. The maximum absolute atomic E-state index is 13.2. The Hall–Kier alpha value is -2.71. The molecule has 174 valence electrons. The minimum Gasteiger partial charge on any atom is -0.336 e. The molecular weight excluding hydrogens is 438 g/mol. The van der Waals surface area contributed by atoms with Gasteiger partial charge in [0, 0.05) is 50.4 Å². The summed E-state index contributed by atoms with van der Waals surface area (Å²) < 4.78 is 27.8. The lowest BCUT2D eigenvalue weighted by Crippen LogP contribution is -2.50. The monoisotopic (exact) mass is 467 g/mol. The van der Waals surface area contributed by atoms with E-state index in [1.165, 1.54) is 9.87 Å². The van der Waals surface area contributed by atoms with Crippen molar-refractivity contribution in [2.24, 2.45) is 0 Å². The number of carbonyl (C=O) groups excluding carboxylic acids is 2. The molecule has 0 radical (unpaired) electrons. The molecule has 0 unspecified atom stereocenters. The SMILES string of the molecule is CCC(=O)N1CCc2cc(C(=O)N3CCN(S(=O)(=O)c4ccc5c(c4)CCC5)CC3)ccc21. The zero-order chi connectivity index (χ0) is 23.2. The highest BCUT2D eigenvalue weighted by atomic mass is 32.2. The normalized spacial score (nSPS) is 18.3. The Bertz CT molecular complexity index is 1220. The van der Waals surface area contributed by atoms with Crippen LogP contribution in [-0.2, 0) is 34.1 Å². The van der Waals surface area contributed by atoms with Crippen LogP contribution in [0.2, 0.25) is 0 Å². The van der Waals surface area contributed by atoms with Crippen LogP contribution in [0.1, 0.15) is 46.8 Å². The predicted molar refractivity (Wildman–Crippen MR) is 126 cm³/mol. The van der Waals surface area contributed by atoms with E-state index in [0.29, 0.717) is 36.5 Å². The van der Waals surface area contributed by atoms with E-state index in [9.17, 15) is 18.0 Å². The number of carbonyl (C=O) groups is 2. The van der Waals surface area contributed by atoms with E-state index in [-0.39, 0.29) is 24.9 Å². The molecule has 2 aliphatic heterocycles. The molecule has 0 atom stereocenters. The minimum absolute atomic E-state index is 0.0901. The zero-order valence-corrected chi connectivity index (χ0v) is 19.7. The molecule has 33 heavy (non-hydrogen) atoms. The number of anilines is 1. The molecule has 2 aromatic rings. The molecular formula is C25H29N3O4S. The summed E-state index contributed by atoms with van der Waals surface area (Å²) in [5.74, 6) is 0.00109. The van der Waals surface area contributed by atoms with E-state index in [1.54, 1.807) is 21.9 Å². The average molecular weight is 468 g/mol. The fourth-order valence-corrected chi connectivity index (χ4v) is 6.63. The lowest BCUT2D eigenvalue weighted by Gasteiger charge is -2.34. The lowest BCUT2D eigenvalue weighted by molar-refractivity contribution is -0.118. The van der Waals surface area contributed by atoms with E-state index in [0.717, 1.165) is 42.5 Å². The van der Waals surface area contributed by atoms with Gasteiger partial charge < -0.3 is 9.80 Å². The number of benzene rings is 2. The first-order chi connectivity index (χ1) is 15.9. The summed E-state index contributed by atoms with van der Waals surface area (Å²) in [5, 5.41) is 0. The molecule has 5 rings (SSSR count). The minimum atomic E-state index is -3.56. The molecule has 2 heterocycles. The van der Waals surface area contributed by atoms with Gasteiger partial charge in [0.1, 0.15) is 0 Å². The molecule has 0 saturated carbocycles. The van der Waals surface area contributed by atoms with Crippen molar-refractivity contribution in [1.82, 2.24) is 9.21 Å². The van der Waals surface area contributed by atoms with Gasteiger partial charge in [-0.05, 0) is 72.7 Å². The fraction of sp³-hybridized carbons (Fsp3) is 0.440. The van der Waals surface area contributed by atoms with E-state index < -0.39 is 10.0 Å². The van der Waals surface area contributed by atoms with Crippen LogP contribution < -0.4 is 4.90 Å². The van der Waals surface area contributed by atoms with Crippen molar-refractivity contribution in [2.75, 3.05) is 37.6 Å². The Balaban J connectivity index is 1.26. The number of amides is 2. The molecule has 1 aliphatic carbocycles. The Morgan fingerprint density at radius 1 is 0.848 bits per heavy atom. The second-order valence-electron chi connectivity index (χ2n) is 8.97. The highest BCUT2D eigenvalue weighted by Gasteiger charge is 2.32. The summed E-state index contributed by atoms with van der Waals surface area (Å²) in [6.45, 7) is 3.80. The van der Waals surface area contributed by atoms with E-state index in [1.807, 2.05) is 31.2 Å². The van der Waals surface area contributed by atoms with Gasteiger partial charge in [0.15, 0.2) is 0 Å². The molecule has 2 aromatic carbocycles. The summed E-state index contributed by atoms with van der Waals surface area (Å²) in [5.41, 5.74) is 4.89. The number of piperazine rings is 1. The molecule has 0 N–H and O–H groups in total. The zero-order valence-electron chi connectivity index (χ0n) is 18.9. The lowest BCUT2D eigenvalue weighted by atomic mass is 10.1. The standard InChI is InChI=1S/C25H29N3O4S/c1-2-24(29)28-11-10-20-16-21(7-9-23(20)28)25(30)26-12-14-27(15-13-26)33(31,32)22-8-6-18-4-3-5-19(18)17-22/h6-9,16-17H,2-5,10-15H2,1H3. The number of fused-ring (bicyclic) bond motifs is 2. The van der Waals surface area contributed by atoms with Crippen molar-refractivity contribution in [3.8, 4) is 0 Å². The van der Waals surface area contributed by atoms with E-state index >= 15 is 0 Å². The predicted octanol–water partition coefficient (Wildman–Crippen LogP) is 2.62. The van der Waals surface area contributed by atoms with Crippen LogP contribution >= 0.6 is 0 Å². The molecule has 7 nitrogen and oxygen atoms in total. The molecule has 0 spiro atoms. The Morgan fingerprint density at radius 3 is 2.36 bits per heavy atom. The topological polar surface area (TPSA) is 78.0 Å². The van der Waals surface area contributed by atoms with Crippen molar-refractivity contribution in [3.63, 3.8) is 0 Å². The van der Waals surface area contributed by atoms with Gasteiger partial charge in [-0.15, -0.1) is 0 Å². The average Bonchev–Trinajstić information content (AvgIpc) is 3.49. The Kier molecular flexibility index (Phi) is 5.74. The second-order valence-corrected chi connectivity index (χ2v) is 10.9. The van der Waals surface area contributed by atoms with Crippen molar-refractivity contribution in [3.05, 3.63) is 58.7 Å². The maximum atomic E-state index is 13.2. The van der Waals surface area contributed by atoms with Crippen LogP contribution in [0.5, 0.6) is 0 Å². The molecule has 0 aromatic heterocycles. The first-order valence-electron chi connectivity index (χ1n) is 11.7. The summed E-state index contributed by atoms with van der Waals surface area (Å²) in [4.78, 5) is 29.1. The van der Waals surface area contributed by atoms with Crippen molar-refractivity contribution >= 4 is 27.5 Å². The third-order valence-electron chi connectivity index (χ3n) is 7.06. The molecule has 0 bridgehead atoms. The van der Waals surface area contributed by atoms with Gasteiger partial charge in [-0.1, -0.05) is 13.0 Å². The van der Waals surface area contributed by atoms with Crippen molar-refractivity contribution in [2.45, 2.75) is 43.9 Å². The number of hydrogen-bond donors (Lipinski definition) is 0. The van der Waals surface area contributed by atoms with Crippen LogP contribution in [0.25, 0.3) is 0 Å². The van der Waals surface area contributed by atoms with Gasteiger partial charge in [0.05, 0.1) is 4.90 Å². The van der Waals surface area contributed by atoms with E-state index in [2.05, 4.69) is 0 Å². The van der Waals surface area contributed by atoms with Gasteiger partial charge >= 0.3 is 0 Å². The summed E-state index contributed by atoms with van der Waals surface area (Å²) in [6, 6.07) is 11.0. The number of rotatable bonds is 4. The Labute approximate surface area is 195 Å². The fourth-order valence-electron chi connectivity index (χ4n) is 5.16. The van der Waals surface area contributed by atoms with Crippen LogP contribution in [0.15, 0.2) is 41.3 Å². The third kappa shape index (κ3) is 3.95. The number of sulfonamides is 1. The van der Waals surface area contributed by atoms with Gasteiger partial charge in [0.25, 0.3) is 5.91 Å². The van der Waals surface area contributed by atoms with Crippen LogP contribution in [0.4, 0.5) is 5.69 Å². The number of nitrogens with zero attached hydrogens (tertiary/aromatic N) is 3. The molecule has 1 saturated heterocycles. The van der Waals surface area contributed by atoms with Gasteiger partial charge in [-0.25, -0.2) is 8.42 Å². The molecule has 8 heteroatoms. The maximum Gasteiger partial charge on any atom is 0.253 e. The van der Waals surface area contributed by atoms with Gasteiger partial charge in [-0.3, -0.25) is 9.59 Å². The van der Waals surface area contributed by atoms with E-state index in [4.69, 9.17) is 0 Å². The summed E-state index contributed by atoms with van der Waals surface area (Å²) >= 11 is 0. The second kappa shape index (κ2) is 8.57. The first-order valence-corrected chi connectivity index (χ1v) is 13.2. The largest absolute Gasteiger partial charge is 0.336 e. The van der Waals surface area contributed by atoms with Crippen molar-refractivity contribution in [1.29, 1.82) is 0 Å². The Morgan fingerprint density at radius 2 is 1.61 bits per heavy atom. The van der Waals surface area contributed by atoms with Crippen molar-refractivity contribution < 1.29 is 18.0 Å². The summed E-state index contributed by atoms with van der Waals surface area (Å²) in [6.07, 6.45) is 4.24. The number of aryl methyl sites for hydroxylation is 2. The van der Waals surface area contributed by atoms with Crippen LogP contribution in [-0.4, -0.2) is 62.2 Å².